The van der Waals surface area contributed by atoms with Crippen LogP contribution in [0.15, 0.2) is 24.7 Å². The first-order valence-electron chi connectivity index (χ1n) is 6.33. The molecule has 0 aliphatic heterocycles. The van der Waals surface area contributed by atoms with Crippen LogP contribution < -0.4 is 0 Å². The van der Waals surface area contributed by atoms with Gasteiger partial charge in [0.1, 0.15) is 6.33 Å². The fourth-order valence-corrected chi connectivity index (χ4v) is 1.66. The highest BCUT2D eigenvalue weighted by Crippen LogP contribution is 2.19. The molecule has 0 aliphatic rings. The molecule has 0 bridgehead atoms. The van der Waals surface area contributed by atoms with Crippen LogP contribution in [0.2, 0.25) is 0 Å². The van der Waals surface area contributed by atoms with E-state index in [0.29, 0.717) is 0 Å². The molecule has 0 saturated carbocycles. The fourth-order valence-electron chi connectivity index (χ4n) is 1.66. The van der Waals surface area contributed by atoms with E-state index in [4.69, 9.17) is 0 Å². The van der Waals surface area contributed by atoms with Crippen LogP contribution in [-0.2, 0) is 0 Å². The van der Waals surface area contributed by atoms with Crippen molar-refractivity contribution in [3.05, 3.63) is 30.4 Å². The Labute approximate surface area is 98.8 Å². The van der Waals surface area contributed by atoms with Gasteiger partial charge in [-0.15, -0.1) is 0 Å². The van der Waals surface area contributed by atoms with Gasteiger partial charge in [0.2, 0.25) is 0 Å². The van der Waals surface area contributed by atoms with Crippen molar-refractivity contribution in [2.24, 2.45) is 0 Å². The molecule has 1 rings (SSSR count). The average Bonchev–Trinajstić information content (AvgIpc) is 2.35. The van der Waals surface area contributed by atoms with Gasteiger partial charge in [-0.05, 0) is 30.9 Å². The first kappa shape index (κ1) is 12.9. The lowest BCUT2D eigenvalue weighted by Gasteiger charge is -2.06. The monoisotopic (exact) mass is 218 g/mol. The molecule has 0 atom stereocenters. The van der Waals surface area contributed by atoms with Crippen molar-refractivity contribution >= 4 is 5.57 Å². The number of aromatic nitrogens is 2. The van der Waals surface area contributed by atoms with Crippen LogP contribution in [-0.4, -0.2) is 9.97 Å². The molecule has 1 heterocycles. The van der Waals surface area contributed by atoms with E-state index in [-0.39, 0.29) is 0 Å². The summed E-state index contributed by atoms with van der Waals surface area (Å²) in [7, 11) is 0. The van der Waals surface area contributed by atoms with Crippen molar-refractivity contribution in [3.63, 3.8) is 0 Å². The Morgan fingerprint density at radius 2 is 2.06 bits per heavy atom. The second-order valence-corrected chi connectivity index (χ2v) is 4.07. The molecule has 1 aromatic rings. The third-order valence-corrected chi connectivity index (χ3v) is 2.66. The number of allylic oxidation sites excluding steroid dienone is 2. The Balaban J connectivity index is 2.67. The topological polar surface area (TPSA) is 25.8 Å². The van der Waals surface area contributed by atoms with Gasteiger partial charge in [-0.3, -0.25) is 0 Å². The van der Waals surface area contributed by atoms with Crippen molar-refractivity contribution in [1.29, 1.82) is 0 Å². The Morgan fingerprint density at radius 1 is 1.25 bits per heavy atom. The maximum Gasteiger partial charge on any atom is 0.116 e. The van der Waals surface area contributed by atoms with Crippen LogP contribution in [0.3, 0.4) is 0 Å². The minimum atomic E-state index is 1.10. The molecule has 0 saturated heterocycles. The standard InChI is InChI=1S/C14H22N2/c1-3-5-7-9-13(8-6-4-2)14-10-11-15-12-16-14/h9-12H,3-8H2,1-2H3/b13-9+. The van der Waals surface area contributed by atoms with Gasteiger partial charge < -0.3 is 0 Å². The van der Waals surface area contributed by atoms with Gasteiger partial charge in [0.15, 0.2) is 0 Å². The summed E-state index contributed by atoms with van der Waals surface area (Å²) < 4.78 is 0. The van der Waals surface area contributed by atoms with Crippen molar-refractivity contribution in [3.8, 4) is 0 Å². The van der Waals surface area contributed by atoms with Gasteiger partial charge in [-0.25, -0.2) is 9.97 Å². The highest BCUT2D eigenvalue weighted by atomic mass is 14.8. The van der Waals surface area contributed by atoms with E-state index in [1.165, 1.54) is 37.7 Å². The normalized spacial score (nSPS) is 11.8. The van der Waals surface area contributed by atoms with Crippen LogP contribution in [0.1, 0.15) is 58.1 Å². The fraction of sp³-hybridized carbons (Fsp3) is 0.571. The number of hydrogen-bond acceptors (Lipinski definition) is 2. The van der Waals surface area contributed by atoms with Crippen LogP contribution >= 0.6 is 0 Å². The zero-order valence-corrected chi connectivity index (χ0v) is 10.4. The first-order chi connectivity index (χ1) is 7.88. The van der Waals surface area contributed by atoms with E-state index in [0.717, 1.165) is 12.1 Å². The quantitative estimate of drug-likeness (QED) is 0.640. The number of rotatable bonds is 7. The molecule has 0 spiro atoms. The van der Waals surface area contributed by atoms with Gasteiger partial charge in [0.25, 0.3) is 0 Å². The molecule has 0 aromatic carbocycles. The third-order valence-electron chi connectivity index (χ3n) is 2.66. The SMILES string of the molecule is CCCC/C=C(\CCCC)c1ccncn1. The Morgan fingerprint density at radius 3 is 2.69 bits per heavy atom. The van der Waals surface area contributed by atoms with Gasteiger partial charge in [0.05, 0.1) is 5.69 Å². The summed E-state index contributed by atoms with van der Waals surface area (Å²) in [6.45, 7) is 4.45. The van der Waals surface area contributed by atoms with Crippen LogP contribution in [0.4, 0.5) is 0 Å². The van der Waals surface area contributed by atoms with Gasteiger partial charge in [0, 0.05) is 6.20 Å². The molecule has 88 valence electrons. The second kappa shape index (κ2) is 8.03. The maximum absolute atomic E-state index is 4.33. The Bertz CT molecular complexity index is 304. The van der Waals surface area contributed by atoms with E-state index in [1.54, 1.807) is 6.33 Å². The van der Waals surface area contributed by atoms with E-state index in [9.17, 15) is 0 Å². The molecule has 2 heteroatoms. The molecule has 0 aliphatic carbocycles. The smallest absolute Gasteiger partial charge is 0.116 e. The van der Waals surface area contributed by atoms with E-state index in [1.807, 2.05) is 12.3 Å². The van der Waals surface area contributed by atoms with Crippen molar-refractivity contribution < 1.29 is 0 Å². The highest BCUT2D eigenvalue weighted by Gasteiger charge is 2.01. The van der Waals surface area contributed by atoms with E-state index >= 15 is 0 Å². The van der Waals surface area contributed by atoms with Crippen molar-refractivity contribution in [2.75, 3.05) is 0 Å². The predicted molar refractivity (Wildman–Crippen MR) is 69.1 cm³/mol. The molecule has 0 radical (unpaired) electrons. The van der Waals surface area contributed by atoms with Crippen molar-refractivity contribution in [1.82, 2.24) is 9.97 Å². The number of nitrogens with zero attached hydrogens (tertiary/aromatic N) is 2. The van der Waals surface area contributed by atoms with Crippen LogP contribution in [0.5, 0.6) is 0 Å². The lowest BCUT2D eigenvalue weighted by Crippen LogP contribution is -1.90. The second-order valence-electron chi connectivity index (χ2n) is 4.07. The zero-order chi connectivity index (χ0) is 11.6. The minimum absolute atomic E-state index is 1.10. The summed E-state index contributed by atoms with van der Waals surface area (Å²) >= 11 is 0. The van der Waals surface area contributed by atoms with Crippen LogP contribution in [0.25, 0.3) is 5.57 Å². The molecular weight excluding hydrogens is 196 g/mol. The van der Waals surface area contributed by atoms with Gasteiger partial charge in [-0.2, -0.15) is 0 Å². The highest BCUT2D eigenvalue weighted by molar-refractivity contribution is 5.61. The summed E-state index contributed by atoms with van der Waals surface area (Å²) in [4.78, 5) is 8.30. The molecular formula is C14H22N2. The zero-order valence-electron chi connectivity index (χ0n) is 10.4. The summed E-state index contributed by atoms with van der Waals surface area (Å²) in [5, 5.41) is 0. The molecule has 16 heavy (non-hydrogen) atoms. The largest absolute Gasteiger partial charge is 0.245 e. The Kier molecular flexibility index (Phi) is 6.47. The third kappa shape index (κ3) is 4.56. The molecule has 0 unspecified atom stereocenters. The number of hydrogen-bond donors (Lipinski definition) is 0. The van der Waals surface area contributed by atoms with Gasteiger partial charge >= 0.3 is 0 Å². The van der Waals surface area contributed by atoms with E-state index < -0.39 is 0 Å². The predicted octanol–water partition coefficient (Wildman–Crippen LogP) is 4.24. The average molecular weight is 218 g/mol. The van der Waals surface area contributed by atoms with Crippen LogP contribution in [0, 0.1) is 0 Å². The molecule has 1 aromatic heterocycles. The summed E-state index contributed by atoms with van der Waals surface area (Å²) in [6, 6.07) is 2.01. The summed E-state index contributed by atoms with van der Waals surface area (Å²) in [6.07, 6.45) is 13.1. The molecule has 0 amide bonds. The van der Waals surface area contributed by atoms with E-state index in [2.05, 4.69) is 29.9 Å². The molecule has 0 N–H and O–H groups in total. The minimum Gasteiger partial charge on any atom is -0.245 e. The molecule has 2 nitrogen and oxygen atoms in total. The lowest BCUT2D eigenvalue weighted by molar-refractivity contribution is 0.798. The van der Waals surface area contributed by atoms with Gasteiger partial charge in [-0.1, -0.05) is 39.2 Å². The molecule has 0 fully saturated rings. The summed E-state index contributed by atoms with van der Waals surface area (Å²) in [5.74, 6) is 0. The van der Waals surface area contributed by atoms with Crippen molar-refractivity contribution in [2.45, 2.75) is 52.4 Å². The summed E-state index contributed by atoms with van der Waals surface area (Å²) in [5.41, 5.74) is 2.48. The maximum atomic E-state index is 4.33. The lowest BCUT2D eigenvalue weighted by atomic mass is 10.0. The number of unbranched alkanes of at least 4 members (excludes halogenated alkanes) is 3. The first-order valence-corrected chi connectivity index (χ1v) is 6.33. The Hall–Kier alpha value is -1.18.